The van der Waals surface area contributed by atoms with Crippen molar-refractivity contribution >= 4 is 17.7 Å². The van der Waals surface area contributed by atoms with Gasteiger partial charge >= 0.3 is 0 Å². The van der Waals surface area contributed by atoms with E-state index < -0.39 is 0 Å². The van der Waals surface area contributed by atoms with Gasteiger partial charge in [-0.15, -0.1) is 11.8 Å². The first kappa shape index (κ1) is 16.3. The highest BCUT2D eigenvalue weighted by molar-refractivity contribution is 8.00. The molecular weight excluding hydrogens is 320 g/mol. The lowest BCUT2D eigenvalue weighted by Gasteiger charge is -2.15. The first-order valence-electron chi connectivity index (χ1n) is 7.63. The maximum Gasteiger partial charge on any atom is 0.230 e. The number of hydrogen-bond donors (Lipinski definition) is 1. The molecule has 1 atom stereocenters. The lowest BCUT2D eigenvalue weighted by molar-refractivity contribution is -0.119. The molecule has 0 spiro atoms. The number of nitrogens with zero attached hydrogens (tertiary/aromatic N) is 3. The summed E-state index contributed by atoms with van der Waals surface area (Å²) in [5.74, 6) is 0.396. The van der Waals surface area contributed by atoms with E-state index in [1.807, 2.05) is 48.0 Å². The molecule has 0 radical (unpaired) electrons. The molecule has 1 N–H and O–H groups in total. The summed E-state index contributed by atoms with van der Waals surface area (Å²) < 4.78 is 1.94. The Kier molecular flexibility index (Phi) is 5.28. The Morgan fingerprint density at radius 1 is 1.21 bits per heavy atom. The zero-order chi connectivity index (χ0) is 16.8. The average molecular weight is 338 g/mol. The quantitative estimate of drug-likeness (QED) is 0.701. The maximum absolute atomic E-state index is 12.2. The molecule has 24 heavy (non-hydrogen) atoms. The largest absolute Gasteiger partial charge is 0.349 e. The van der Waals surface area contributed by atoms with Gasteiger partial charge in [0.15, 0.2) is 0 Å². The van der Waals surface area contributed by atoms with Gasteiger partial charge in [0.1, 0.15) is 0 Å². The number of thioether (sulfide) groups is 1. The van der Waals surface area contributed by atoms with Crippen molar-refractivity contribution < 1.29 is 4.79 Å². The van der Waals surface area contributed by atoms with Crippen molar-refractivity contribution in [2.24, 2.45) is 0 Å². The zero-order valence-corrected chi connectivity index (χ0v) is 14.1. The van der Waals surface area contributed by atoms with Crippen molar-refractivity contribution in [3.63, 3.8) is 0 Å². The average Bonchev–Trinajstić information content (AvgIpc) is 3.16. The van der Waals surface area contributed by atoms with Crippen LogP contribution in [0, 0.1) is 0 Å². The summed E-state index contributed by atoms with van der Waals surface area (Å²) in [4.78, 5) is 21.2. The SMILES string of the molecule is C[C@H](NC(=O)CSc1ccncc1)c1cccc(-n2ccnc2)c1. The third kappa shape index (κ3) is 4.23. The first-order chi connectivity index (χ1) is 11.7. The monoisotopic (exact) mass is 338 g/mol. The Hall–Kier alpha value is -2.60. The highest BCUT2D eigenvalue weighted by atomic mass is 32.2. The molecule has 0 saturated heterocycles. The molecule has 6 heteroatoms. The molecule has 5 nitrogen and oxygen atoms in total. The Morgan fingerprint density at radius 2 is 2.04 bits per heavy atom. The van der Waals surface area contributed by atoms with E-state index in [2.05, 4.69) is 21.4 Å². The van der Waals surface area contributed by atoms with Crippen LogP contribution in [0.25, 0.3) is 5.69 Å². The maximum atomic E-state index is 12.2. The van der Waals surface area contributed by atoms with Crippen LogP contribution in [-0.4, -0.2) is 26.2 Å². The molecule has 3 rings (SSSR count). The van der Waals surface area contributed by atoms with Crippen molar-refractivity contribution in [1.82, 2.24) is 19.9 Å². The van der Waals surface area contributed by atoms with Crippen molar-refractivity contribution in [3.05, 3.63) is 73.1 Å². The fourth-order valence-corrected chi connectivity index (χ4v) is 3.01. The van der Waals surface area contributed by atoms with Gasteiger partial charge in [-0.2, -0.15) is 0 Å². The van der Waals surface area contributed by atoms with Crippen LogP contribution in [0.5, 0.6) is 0 Å². The van der Waals surface area contributed by atoms with Crippen LogP contribution in [0.1, 0.15) is 18.5 Å². The van der Waals surface area contributed by atoms with Crippen LogP contribution in [-0.2, 0) is 4.79 Å². The summed E-state index contributed by atoms with van der Waals surface area (Å²) in [6.45, 7) is 1.99. The summed E-state index contributed by atoms with van der Waals surface area (Å²) in [7, 11) is 0. The van der Waals surface area contributed by atoms with E-state index in [-0.39, 0.29) is 11.9 Å². The van der Waals surface area contributed by atoms with Gasteiger partial charge in [0.25, 0.3) is 0 Å². The minimum Gasteiger partial charge on any atom is -0.349 e. The standard InChI is InChI=1S/C18H18N4OS/c1-14(21-18(23)12-24-17-5-7-19-8-6-17)15-3-2-4-16(11-15)22-10-9-20-13-22/h2-11,13-14H,12H2,1H3,(H,21,23)/t14-/m0/s1. The topological polar surface area (TPSA) is 59.8 Å². The minimum absolute atomic E-state index is 0.0114. The molecule has 0 fully saturated rings. The Balaban J connectivity index is 1.59. The van der Waals surface area contributed by atoms with E-state index in [1.54, 1.807) is 24.9 Å². The van der Waals surface area contributed by atoms with E-state index in [1.165, 1.54) is 11.8 Å². The number of amides is 1. The van der Waals surface area contributed by atoms with Crippen molar-refractivity contribution in [3.8, 4) is 5.69 Å². The highest BCUT2D eigenvalue weighted by Gasteiger charge is 2.11. The minimum atomic E-state index is -0.0565. The molecule has 0 saturated carbocycles. The van der Waals surface area contributed by atoms with Gasteiger partial charge in [0.05, 0.1) is 18.1 Å². The molecule has 0 aliphatic rings. The Bertz CT molecular complexity index is 790. The molecule has 2 heterocycles. The summed E-state index contributed by atoms with van der Waals surface area (Å²) in [6, 6.07) is 11.8. The van der Waals surface area contributed by atoms with Gasteiger partial charge in [-0.05, 0) is 36.8 Å². The van der Waals surface area contributed by atoms with E-state index >= 15 is 0 Å². The lowest BCUT2D eigenvalue weighted by atomic mass is 10.1. The van der Waals surface area contributed by atoms with Crippen molar-refractivity contribution in [2.45, 2.75) is 17.9 Å². The second-order valence-electron chi connectivity index (χ2n) is 5.33. The predicted molar refractivity (Wildman–Crippen MR) is 95.1 cm³/mol. The normalized spacial score (nSPS) is 11.9. The van der Waals surface area contributed by atoms with Gasteiger partial charge in [-0.3, -0.25) is 9.78 Å². The lowest BCUT2D eigenvalue weighted by Crippen LogP contribution is -2.28. The van der Waals surface area contributed by atoms with Crippen molar-refractivity contribution in [1.29, 1.82) is 0 Å². The number of rotatable bonds is 6. The third-order valence-electron chi connectivity index (χ3n) is 3.57. The van der Waals surface area contributed by atoms with E-state index in [4.69, 9.17) is 0 Å². The molecule has 0 bridgehead atoms. The molecule has 122 valence electrons. The van der Waals surface area contributed by atoms with Crippen LogP contribution in [0.2, 0.25) is 0 Å². The predicted octanol–water partition coefficient (Wildman–Crippen LogP) is 3.24. The molecule has 0 unspecified atom stereocenters. The third-order valence-corrected chi connectivity index (χ3v) is 4.58. The highest BCUT2D eigenvalue weighted by Crippen LogP contribution is 2.19. The molecule has 0 aliphatic carbocycles. The number of carbonyl (C=O) groups excluding carboxylic acids is 1. The van der Waals surface area contributed by atoms with Gasteiger partial charge in [-0.1, -0.05) is 12.1 Å². The van der Waals surface area contributed by atoms with Crippen molar-refractivity contribution in [2.75, 3.05) is 5.75 Å². The van der Waals surface area contributed by atoms with E-state index in [9.17, 15) is 4.79 Å². The van der Waals surface area contributed by atoms with Gasteiger partial charge < -0.3 is 9.88 Å². The second-order valence-corrected chi connectivity index (χ2v) is 6.37. The zero-order valence-electron chi connectivity index (χ0n) is 13.3. The number of benzene rings is 1. The Labute approximate surface area is 145 Å². The van der Waals surface area contributed by atoms with Crippen LogP contribution >= 0.6 is 11.8 Å². The van der Waals surface area contributed by atoms with Crippen LogP contribution in [0.3, 0.4) is 0 Å². The fraction of sp³-hybridized carbons (Fsp3) is 0.167. The summed E-state index contributed by atoms with van der Waals surface area (Å²) in [6.07, 6.45) is 8.85. The smallest absolute Gasteiger partial charge is 0.230 e. The number of aromatic nitrogens is 3. The van der Waals surface area contributed by atoms with Crippen LogP contribution in [0.15, 0.2) is 72.4 Å². The van der Waals surface area contributed by atoms with E-state index in [0.29, 0.717) is 5.75 Å². The van der Waals surface area contributed by atoms with Gasteiger partial charge in [0, 0.05) is 35.4 Å². The second kappa shape index (κ2) is 7.79. The van der Waals surface area contributed by atoms with E-state index in [0.717, 1.165) is 16.1 Å². The number of pyridine rings is 1. The molecular formula is C18H18N4OS. The van der Waals surface area contributed by atoms with Gasteiger partial charge in [-0.25, -0.2) is 4.98 Å². The number of imidazole rings is 1. The number of carbonyl (C=O) groups is 1. The molecule has 1 aromatic carbocycles. The molecule has 1 amide bonds. The Morgan fingerprint density at radius 3 is 2.79 bits per heavy atom. The fourth-order valence-electron chi connectivity index (χ4n) is 2.32. The molecule has 2 aromatic heterocycles. The van der Waals surface area contributed by atoms with Crippen LogP contribution in [0.4, 0.5) is 0 Å². The summed E-state index contributed by atoms with van der Waals surface area (Å²) >= 11 is 1.50. The summed E-state index contributed by atoms with van der Waals surface area (Å²) in [5, 5.41) is 3.04. The van der Waals surface area contributed by atoms with Crippen LogP contribution < -0.4 is 5.32 Å². The summed E-state index contributed by atoms with van der Waals surface area (Å²) in [5.41, 5.74) is 2.08. The molecule has 3 aromatic rings. The number of nitrogens with one attached hydrogen (secondary N) is 1. The van der Waals surface area contributed by atoms with Gasteiger partial charge in [0.2, 0.25) is 5.91 Å². The first-order valence-corrected chi connectivity index (χ1v) is 8.61. The number of hydrogen-bond acceptors (Lipinski definition) is 4. The molecule has 0 aliphatic heterocycles.